The fraction of sp³-hybridized carbons (Fsp3) is 0. The van der Waals surface area contributed by atoms with Gasteiger partial charge in [0.05, 0.1) is 11.4 Å². The van der Waals surface area contributed by atoms with Gasteiger partial charge in [0, 0.05) is 12.3 Å². The van der Waals surface area contributed by atoms with Gasteiger partial charge in [-0.3, -0.25) is 0 Å². The van der Waals surface area contributed by atoms with Gasteiger partial charge >= 0.3 is 5.97 Å². The molecule has 2 rings (SSSR count). The van der Waals surface area contributed by atoms with Gasteiger partial charge in [0.1, 0.15) is 0 Å². The Labute approximate surface area is 92.5 Å². The molecule has 0 unspecified atom stereocenters. The van der Waals surface area contributed by atoms with Crippen LogP contribution in [0.2, 0.25) is 0 Å². The number of aromatic nitrogens is 2. The zero-order chi connectivity index (χ0) is 11.4. The smallest absolute Gasteiger partial charge is 0.328 e. The number of hydrogen-bond donors (Lipinski definition) is 1. The Balaban J connectivity index is 2.23. The summed E-state index contributed by atoms with van der Waals surface area (Å²) >= 11 is 0. The Morgan fingerprint density at radius 3 is 2.69 bits per heavy atom. The van der Waals surface area contributed by atoms with Crippen LogP contribution in [0.1, 0.15) is 5.69 Å². The maximum Gasteiger partial charge on any atom is 0.328 e. The molecule has 0 aliphatic rings. The molecule has 0 fully saturated rings. The molecule has 0 bridgehead atoms. The zero-order valence-electron chi connectivity index (χ0n) is 8.45. The Hall–Kier alpha value is -2.36. The number of carboxylic acid groups (broad SMARTS) is 1. The van der Waals surface area contributed by atoms with E-state index in [1.165, 1.54) is 6.08 Å². The van der Waals surface area contributed by atoms with Gasteiger partial charge in [-0.1, -0.05) is 18.2 Å². The van der Waals surface area contributed by atoms with Crippen molar-refractivity contribution < 1.29 is 9.90 Å². The molecule has 1 aromatic heterocycles. The van der Waals surface area contributed by atoms with Gasteiger partial charge in [0.2, 0.25) is 0 Å². The minimum absolute atomic E-state index is 0.617. The summed E-state index contributed by atoms with van der Waals surface area (Å²) in [6.07, 6.45) is 4.32. The van der Waals surface area contributed by atoms with Gasteiger partial charge in [-0.05, 0) is 24.3 Å². The summed E-state index contributed by atoms with van der Waals surface area (Å²) in [6, 6.07) is 11.4. The topological polar surface area (TPSA) is 55.1 Å². The first-order chi connectivity index (χ1) is 7.75. The summed E-state index contributed by atoms with van der Waals surface area (Å²) in [5.74, 6) is -0.978. The van der Waals surface area contributed by atoms with E-state index in [2.05, 4.69) is 5.10 Å². The Kier molecular flexibility index (Phi) is 2.82. The number of carbonyl (C=O) groups is 1. The molecule has 0 radical (unpaired) electrons. The van der Waals surface area contributed by atoms with E-state index in [1.807, 2.05) is 30.3 Å². The number of carboxylic acids is 1. The molecule has 0 amide bonds. The third-order valence-electron chi connectivity index (χ3n) is 2.03. The van der Waals surface area contributed by atoms with Crippen LogP contribution in [-0.2, 0) is 4.79 Å². The van der Waals surface area contributed by atoms with E-state index < -0.39 is 5.97 Å². The highest BCUT2D eigenvalue weighted by atomic mass is 16.4. The largest absolute Gasteiger partial charge is 0.478 e. The van der Waals surface area contributed by atoms with Gasteiger partial charge in [-0.2, -0.15) is 5.10 Å². The molecule has 2 aromatic rings. The highest BCUT2D eigenvalue weighted by Gasteiger charge is 1.97. The highest BCUT2D eigenvalue weighted by Crippen LogP contribution is 2.07. The number of nitrogens with zero attached hydrogens (tertiary/aromatic N) is 2. The summed E-state index contributed by atoms with van der Waals surface area (Å²) < 4.78 is 1.70. The molecule has 1 heterocycles. The third kappa shape index (κ3) is 2.36. The average molecular weight is 214 g/mol. The molecule has 4 nitrogen and oxygen atoms in total. The lowest BCUT2D eigenvalue weighted by molar-refractivity contribution is -0.131. The standard InChI is InChI=1S/C12H10N2O2/c15-12(16)7-6-10-8-9-14(13-10)11-4-2-1-3-5-11/h1-9H,(H,15,16). The van der Waals surface area contributed by atoms with Crippen LogP contribution in [0.4, 0.5) is 0 Å². The van der Waals surface area contributed by atoms with Crippen molar-refractivity contribution in [1.82, 2.24) is 9.78 Å². The van der Waals surface area contributed by atoms with Crippen LogP contribution in [0.5, 0.6) is 0 Å². The normalized spacial score (nSPS) is 10.8. The first-order valence-corrected chi connectivity index (χ1v) is 4.78. The monoisotopic (exact) mass is 214 g/mol. The van der Waals surface area contributed by atoms with Crippen molar-refractivity contribution in [3.8, 4) is 5.69 Å². The Morgan fingerprint density at radius 1 is 1.25 bits per heavy atom. The highest BCUT2D eigenvalue weighted by molar-refractivity contribution is 5.84. The lowest BCUT2D eigenvalue weighted by Gasteiger charge is -1.98. The maximum absolute atomic E-state index is 10.3. The van der Waals surface area contributed by atoms with Crippen molar-refractivity contribution in [2.75, 3.05) is 0 Å². The summed E-state index contributed by atoms with van der Waals surface area (Å²) in [5, 5.41) is 12.7. The number of benzene rings is 1. The predicted molar refractivity (Wildman–Crippen MR) is 60.2 cm³/mol. The number of hydrogen-bond acceptors (Lipinski definition) is 2. The molecule has 0 saturated heterocycles. The summed E-state index contributed by atoms with van der Waals surface area (Å²) in [4.78, 5) is 10.3. The van der Waals surface area contributed by atoms with Crippen LogP contribution in [-0.4, -0.2) is 20.9 Å². The van der Waals surface area contributed by atoms with Crippen LogP contribution in [0, 0.1) is 0 Å². The quantitative estimate of drug-likeness (QED) is 0.795. The van der Waals surface area contributed by atoms with E-state index in [0.717, 1.165) is 11.8 Å². The molecule has 0 saturated carbocycles. The van der Waals surface area contributed by atoms with Gasteiger partial charge in [-0.25, -0.2) is 9.48 Å². The third-order valence-corrected chi connectivity index (χ3v) is 2.03. The van der Waals surface area contributed by atoms with E-state index >= 15 is 0 Å². The zero-order valence-corrected chi connectivity index (χ0v) is 8.45. The molecule has 0 atom stereocenters. The van der Waals surface area contributed by atoms with E-state index in [4.69, 9.17) is 5.11 Å². The fourth-order valence-electron chi connectivity index (χ4n) is 1.31. The Bertz CT molecular complexity index is 515. The lowest BCUT2D eigenvalue weighted by Crippen LogP contribution is -1.94. The predicted octanol–water partition coefficient (Wildman–Crippen LogP) is 1.97. The van der Waals surface area contributed by atoms with Gasteiger partial charge < -0.3 is 5.11 Å². The second-order valence-corrected chi connectivity index (χ2v) is 3.19. The van der Waals surface area contributed by atoms with Crippen LogP contribution < -0.4 is 0 Å². The molecule has 80 valence electrons. The first-order valence-electron chi connectivity index (χ1n) is 4.78. The lowest BCUT2D eigenvalue weighted by atomic mass is 10.3. The van der Waals surface area contributed by atoms with Crippen molar-refractivity contribution in [3.63, 3.8) is 0 Å². The summed E-state index contributed by atoms with van der Waals surface area (Å²) in [6.45, 7) is 0. The number of rotatable bonds is 3. The van der Waals surface area contributed by atoms with Crippen molar-refractivity contribution >= 4 is 12.0 Å². The van der Waals surface area contributed by atoms with E-state index in [9.17, 15) is 4.79 Å². The minimum atomic E-state index is -0.978. The van der Waals surface area contributed by atoms with E-state index in [1.54, 1.807) is 16.9 Å². The first kappa shape index (κ1) is 10.2. The molecule has 1 N–H and O–H groups in total. The second-order valence-electron chi connectivity index (χ2n) is 3.19. The van der Waals surface area contributed by atoms with Gasteiger partial charge in [0.25, 0.3) is 0 Å². The molecule has 1 aromatic carbocycles. The molecular weight excluding hydrogens is 204 g/mol. The van der Waals surface area contributed by atoms with Crippen LogP contribution >= 0.6 is 0 Å². The maximum atomic E-state index is 10.3. The minimum Gasteiger partial charge on any atom is -0.478 e. The molecule has 4 heteroatoms. The number of aliphatic carboxylic acids is 1. The fourth-order valence-corrected chi connectivity index (χ4v) is 1.31. The molecule has 0 aliphatic heterocycles. The van der Waals surface area contributed by atoms with Gasteiger partial charge in [0.15, 0.2) is 0 Å². The summed E-state index contributed by atoms with van der Waals surface area (Å²) in [7, 11) is 0. The molecular formula is C12H10N2O2. The van der Waals surface area contributed by atoms with Crippen LogP contribution in [0.3, 0.4) is 0 Å². The molecule has 0 aliphatic carbocycles. The van der Waals surface area contributed by atoms with Crippen molar-refractivity contribution in [2.45, 2.75) is 0 Å². The second kappa shape index (κ2) is 4.44. The number of para-hydroxylation sites is 1. The molecule has 0 spiro atoms. The Morgan fingerprint density at radius 2 is 2.00 bits per heavy atom. The van der Waals surface area contributed by atoms with Gasteiger partial charge in [-0.15, -0.1) is 0 Å². The van der Waals surface area contributed by atoms with Crippen molar-refractivity contribution in [3.05, 3.63) is 54.4 Å². The average Bonchev–Trinajstić information content (AvgIpc) is 2.76. The van der Waals surface area contributed by atoms with Crippen LogP contribution in [0.25, 0.3) is 11.8 Å². The summed E-state index contributed by atoms with van der Waals surface area (Å²) in [5.41, 5.74) is 1.56. The molecule has 16 heavy (non-hydrogen) atoms. The van der Waals surface area contributed by atoms with Crippen molar-refractivity contribution in [2.24, 2.45) is 0 Å². The van der Waals surface area contributed by atoms with Crippen LogP contribution in [0.15, 0.2) is 48.7 Å². The SMILES string of the molecule is O=C(O)C=Cc1ccn(-c2ccccc2)n1. The van der Waals surface area contributed by atoms with E-state index in [0.29, 0.717) is 5.69 Å². The van der Waals surface area contributed by atoms with Crippen molar-refractivity contribution in [1.29, 1.82) is 0 Å². The van der Waals surface area contributed by atoms with E-state index in [-0.39, 0.29) is 0 Å².